The zero-order valence-electron chi connectivity index (χ0n) is 44.3. The van der Waals surface area contributed by atoms with Crippen molar-refractivity contribution in [3.63, 3.8) is 0 Å². The van der Waals surface area contributed by atoms with E-state index in [1.54, 1.807) is 36.8 Å². The van der Waals surface area contributed by atoms with Crippen molar-refractivity contribution in [3.05, 3.63) is 105 Å². The summed E-state index contributed by atoms with van der Waals surface area (Å²) in [5, 5.41) is 23.4. The largest absolute Gasteiger partial charge is 0.343 e. The monoisotopic (exact) mass is 1040 g/mol. The average Bonchev–Trinajstić information content (AvgIpc) is 4.30. The molecule has 4 amide bonds. The number of carbonyl (C=O) groups is 4. The Morgan fingerprint density at radius 3 is 1.27 bits per heavy atom. The van der Waals surface area contributed by atoms with Crippen LogP contribution in [0.2, 0.25) is 0 Å². The number of carbonyl (C=O) groups excluding carboxylic acids is 4. The van der Waals surface area contributed by atoms with E-state index < -0.39 is 12.1 Å². The number of hydrogen-bond donors (Lipinski definition) is 4. The van der Waals surface area contributed by atoms with Gasteiger partial charge in [-0.3, -0.25) is 19.2 Å². The molecule has 4 N–H and O–H groups in total. The molecule has 12 nitrogen and oxygen atoms in total. The van der Waals surface area contributed by atoms with Crippen LogP contribution < -0.4 is 21.3 Å². The van der Waals surface area contributed by atoms with Gasteiger partial charge in [0.1, 0.15) is 22.1 Å². The molecule has 2 saturated carbocycles. The van der Waals surface area contributed by atoms with Crippen LogP contribution >= 0.6 is 22.7 Å². The summed E-state index contributed by atoms with van der Waals surface area (Å²) in [7, 11) is 3.55. The number of likely N-dealkylation sites (tertiary alicyclic amines) is 2. The Labute approximate surface area is 445 Å². The van der Waals surface area contributed by atoms with E-state index in [1.807, 2.05) is 23.6 Å². The fourth-order valence-corrected chi connectivity index (χ4v) is 13.9. The molecule has 4 fully saturated rings. The van der Waals surface area contributed by atoms with E-state index in [9.17, 15) is 19.2 Å². The summed E-state index contributed by atoms with van der Waals surface area (Å²) in [6.07, 6.45) is 14.6. The van der Waals surface area contributed by atoms with Gasteiger partial charge in [0.25, 0.3) is 0 Å². The van der Waals surface area contributed by atoms with Crippen LogP contribution in [0.25, 0.3) is 44.1 Å². The Kier molecular flexibility index (Phi) is 17.6. The van der Waals surface area contributed by atoms with Crippen LogP contribution in [0, 0.1) is 25.7 Å². The molecule has 14 heteroatoms. The van der Waals surface area contributed by atoms with Crippen LogP contribution in [0.15, 0.2) is 83.6 Å². The van der Waals surface area contributed by atoms with Crippen molar-refractivity contribution < 1.29 is 19.2 Å². The van der Waals surface area contributed by atoms with Gasteiger partial charge in [-0.25, -0.2) is 9.97 Å². The number of fused-ring (bicyclic) bond motifs is 2. The number of benzene rings is 4. The van der Waals surface area contributed by atoms with E-state index in [4.69, 9.17) is 9.97 Å². The molecule has 6 aromatic rings. The molecule has 392 valence electrons. The third-order valence-electron chi connectivity index (χ3n) is 16.5. The first-order chi connectivity index (χ1) is 35.9. The highest BCUT2D eigenvalue weighted by atomic mass is 32.1. The topological polar surface area (TPSA) is 149 Å². The average molecular weight is 1040 g/mol. The summed E-state index contributed by atoms with van der Waals surface area (Å²) in [6, 6.07) is 23.9. The Hall–Kier alpha value is -5.54. The molecule has 0 spiro atoms. The highest BCUT2D eigenvalue weighted by Crippen LogP contribution is 2.41. The number of nitrogens with one attached hydrogen (secondary N) is 4. The maximum Gasteiger partial charge on any atom is 0.246 e. The zero-order chi connectivity index (χ0) is 51.9. The molecule has 0 bridgehead atoms. The van der Waals surface area contributed by atoms with Gasteiger partial charge in [0.2, 0.25) is 23.6 Å². The molecule has 4 heterocycles. The molecule has 6 atom stereocenters. The lowest BCUT2D eigenvalue weighted by Gasteiger charge is -2.35. The molecule has 2 aromatic heterocycles. The van der Waals surface area contributed by atoms with Gasteiger partial charge in [0.15, 0.2) is 0 Å². The Morgan fingerprint density at radius 2 is 0.892 bits per heavy atom. The van der Waals surface area contributed by atoms with Crippen LogP contribution in [-0.2, 0) is 19.2 Å². The van der Waals surface area contributed by atoms with Crippen molar-refractivity contribution in [2.24, 2.45) is 11.8 Å². The minimum Gasteiger partial charge on any atom is -0.343 e. The summed E-state index contributed by atoms with van der Waals surface area (Å²) in [5.74, 6) is 0.296. The van der Waals surface area contributed by atoms with Crippen LogP contribution in [0.4, 0.5) is 0 Å². The van der Waals surface area contributed by atoms with Crippen molar-refractivity contribution in [3.8, 4) is 22.5 Å². The van der Waals surface area contributed by atoms with Gasteiger partial charge in [0.05, 0.1) is 35.6 Å². The van der Waals surface area contributed by atoms with E-state index in [1.165, 1.54) is 45.5 Å². The highest BCUT2D eigenvalue weighted by Gasteiger charge is 2.42. The van der Waals surface area contributed by atoms with E-state index >= 15 is 0 Å². The zero-order valence-corrected chi connectivity index (χ0v) is 45.9. The van der Waals surface area contributed by atoms with E-state index in [0.717, 1.165) is 110 Å². The van der Waals surface area contributed by atoms with Gasteiger partial charge >= 0.3 is 0 Å². The third kappa shape index (κ3) is 11.6. The van der Waals surface area contributed by atoms with Crippen molar-refractivity contribution in [1.82, 2.24) is 41.0 Å². The molecule has 0 unspecified atom stereocenters. The van der Waals surface area contributed by atoms with Crippen LogP contribution in [-0.4, -0.2) is 94.7 Å². The lowest BCUT2D eigenvalue weighted by molar-refractivity contribution is -0.139. The third-order valence-corrected chi connectivity index (χ3v) is 18.4. The molecule has 10 rings (SSSR count). The first-order valence-corrected chi connectivity index (χ1v) is 29.2. The predicted molar refractivity (Wildman–Crippen MR) is 301 cm³/mol. The number of aryl methyl sites for hydroxylation is 2. The Morgan fingerprint density at radius 1 is 0.514 bits per heavy atom. The first-order valence-electron chi connectivity index (χ1n) is 27.4. The van der Waals surface area contributed by atoms with Crippen molar-refractivity contribution in [2.45, 2.75) is 154 Å². The van der Waals surface area contributed by atoms with Gasteiger partial charge in [-0.2, -0.15) is 0 Å². The first kappa shape index (κ1) is 53.3. The smallest absolute Gasteiger partial charge is 0.246 e. The lowest BCUT2D eigenvalue weighted by atomic mass is 9.83. The number of aromatic nitrogens is 2. The van der Waals surface area contributed by atoms with E-state index in [-0.39, 0.29) is 59.6 Å². The molecule has 2 saturated heterocycles. The van der Waals surface area contributed by atoms with Gasteiger partial charge in [-0.15, -0.1) is 22.7 Å². The Bertz CT molecular complexity index is 2730. The number of likely N-dealkylation sites (N-methyl/N-ethyl adjacent to an activating group) is 2. The Balaban J connectivity index is 0.000000182. The summed E-state index contributed by atoms with van der Waals surface area (Å²) in [6.45, 7) is 9.38. The summed E-state index contributed by atoms with van der Waals surface area (Å²) in [4.78, 5) is 67.9. The molecule has 2 aliphatic heterocycles. The standard InChI is InChI=1S/2C30H38N4O2S/c2*1-19-15-16-24(23-13-8-7-12-22(19)23)25-18-37-29(32-25)26-14-9-17-34(26)30(36)27(21-10-5-4-6-11-21)33-28(35)20(2)31-3/h2*7-8,12-13,15-16,18,20-21,26-27,31H,4-6,9-11,14,17H2,1-3H3,(H,33,35)/t2*20-,26-,27-/m10/s1. The molecule has 4 aromatic carbocycles. The van der Waals surface area contributed by atoms with Gasteiger partial charge in [-0.05, 0) is 138 Å². The number of hydrogen-bond acceptors (Lipinski definition) is 10. The minimum atomic E-state index is -0.468. The molecule has 2 aliphatic carbocycles. The minimum absolute atomic E-state index is 0.0346. The highest BCUT2D eigenvalue weighted by molar-refractivity contribution is 7.10. The fourth-order valence-electron chi connectivity index (χ4n) is 11.9. The molecule has 4 aliphatic rings. The maximum absolute atomic E-state index is 14.0. The molecular formula is C60H76N8O4S2. The summed E-state index contributed by atoms with van der Waals surface area (Å²) >= 11 is 3.29. The van der Waals surface area contributed by atoms with Gasteiger partial charge in [-0.1, -0.05) is 111 Å². The maximum atomic E-state index is 14.0. The van der Waals surface area contributed by atoms with Crippen molar-refractivity contribution in [2.75, 3.05) is 27.2 Å². The van der Waals surface area contributed by atoms with E-state index in [0.29, 0.717) is 13.1 Å². The van der Waals surface area contributed by atoms with Gasteiger partial charge < -0.3 is 31.1 Å². The quantitative estimate of drug-likeness (QED) is 0.0843. The summed E-state index contributed by atoms with van der Waals surface area (Å²) < 4.78 is 0. The molecule has 0 radical (unpaired) electrons. The fraction of sp³-hybridized carbons (Fsp3) is 0.500. The van der Waals surface area contributed by atoms with Crippen LogP contribution in [0.1, 0.15) is 137 Å². The molecule has 74 heavy (non-hydrogen) atoms. The number of rotatable bonds is 14. The predicted octanol–water partition coefficient (Wildman–Crippen LogP) is 11.2. The van der Waals surface area contributed by atoms with Crippen molar-refractivity contribution >= 4 is 67.8 Å². The van der Waals surface area contributed by atoms with Crippen LogP contribution in [0.5, 0.6) is 0 Å². The number of amides is 4. The SMILES string of the molecule is CN[C@@H](C)C(=O)N[C@H](C(=O)N1CCC[C@H]1c1nc(-c2ccc(C)c3ccccc23)cs1)C1CCCCC1.CN[C@H](C)C(=O)N[C@@H](C(=O)N1CCC[C@@H]1c1nc(-c2ccc(C)c3ccccc23)cs1)C1CCCCC1. The summed E-state index contributed by atoms with van der Waals surface area (Å²) in [5.41, 5.74) is 6.71. The van der Waals surface area contributed by atoms with E-state index in [2.05, 4.69) is 119 Å². The second-order valence-electron chi connectivity index (χ2n) is 21.3. The number of nitrogens with zero attached hydrogens (tertiary/aromatic N) is 4. The second kappa shape index (κ2) is 24.4. The normalized spacial score (nSPS) is 20.2. The second-order valence-corrected chi connectivity index (χ2v) is 23.0. The lowest BCUT2D eigenvalue weighted by Crippen LogP contribution is -2.55. The number of thiazole rings is 2. The van der Waals surface area contributed by atoms with Crippen LogP contribution in [0.3, 0.4) is 0 Å². The molecular weight excluding hydrogens is 961 g/mol. The van der Waals surface area contributed by atoms with Crippen molar-refractivity contribution in [1.29, 1.82) is 0 Å². The van der Waals surface area contributed by atoms with Gasteiger partial charge in [0, 0.05) is 35.0 Å².